The fourth-order valence-corrected chi connectivity index (χ4v) is 2.24. The molecule has 1 heterocycles. The van der Waals surface area contributed by atoms with Crippen LogP contribution in [-0.2, 0) is 9.59 Å². The van der Waals surface area contributed by atoms with E-state index < -0.39 is 18.1 Å². The molecule has 0 radical (unpaired) electrons. The summed E-state index contributed by atoms with van der Waals surface area (Å²) >= 11 is 0. The van der Waals surface area contributed by atoms with E-state index >= 15 is 0 Å². The summed E-state index contributed by atoms with van der Waals surface area (Å²) in [5.41, 5.74) is 0. The van der Waals surface area contributed by atoms with E-state index in [1.807, 2.05) is 0 Å². The van der Waals surface area contributed by atoms with Gasteiger partial charge in [0.1, 0.15) is 0 Å². The van der Waals surface area contributed by atoms with E-state index in [1.54, 1.807) is 11.9 Å². The van der Waals surface area contributed by atoms with E-state index in [0.717, 1.165) is 4.90 Å². The van der Waals surface area contributed by atoms with Gasteiger partial charge >= 0.3 is 18.1 Å². The Morgan fingerprint density at radius 3 is 2.47 bits per heavy atom. The second-order valence-corrected chi connectivity index (χ2v) is 4.68. The van der Waals surface area contributed by atoms with Gasteiger partial charge in [0.25, 0.3) is 0 Å². The smallest absolute Gasteiger partial charge is 0.471 e. The van der Waals surface area contributed by atoms with Crippen LogP contribution in [-0.4, -0.2) is 65.7 Å². The molecule has 1 unspecified atom stereocenters. The lowest BCUT2D eigenvalue weighted by molar-refractivity contribution is -0.185. The Balaban J connectivity index is 2.56. The highest BCUT2D eigenvalue weighted by Gasteiger charge is 2.42. The van der Waals surface area contributed by atoms with Gasteiger partial charge in [-0.15, -0.1) is 0 Å². The third-order valence-electron chi connectivity index (χ3n) is 3.24. The highest BCUT2D eigenvalue weighted by molar-refractivity contribution is 5.81. The molecule has 5 nitrogen and oxygen atoms in total. The highest BCUT2D eigenvalue weighted by Crippen LogP contribution is 2.22. The van der Waals surface area contributed by atoms with Gasteiger partial charge in [-0.25, -0.2) is 0 Å². The Kier molecular flexibility index (Phi) is 5.16. The first-order chi connectivity index (χ1) is 8.71. The van der Waals surface area contributed by atoms with Crippen LogP contribution >= 0.6 is 0 Å². The maximum Gasteiger partial charge on any atom is 0.471 e. The largest absolute Gasteiger partial charge is 0.480 e. The summed E-state index contributed by atoms with van der Waals surface area (Å²) in [6.45, 7) is -0.0827. The number of hydrogen-bond acceptors (Lipinski definition) is 3. The minimum absolute atomic E-state index is 0.00691. The van der Waals surface area contributed by atoms with Crippen LogP contribution < -0.4 is 0 Å². The first kappa shape index (κ1) is 15.7. The van der Waals surface area contributed by atoms with Crippen LogP contribution in [0.5, 0.6) is 0 Å². The fourth-order valence-electron chi connectivity index (χ4n) is 2.24. The maximum absolute atomic E-state index is 12.3. The van der Waals surface area contributed by atoms with Crippen molar-refractivity contribution in [3.05, 3.63) is 0 Å². The van der Waals surface area contributed by atoms with Crippen LogP contribution in [0.3, 0.4) is 0 Å². The van der Waals surface area contributed by atoms with Crippen molar-refractivity contribution in [2.75, 3.05) is 26.7 Å². The number of likely N-dealkylation sites (N-methyl/N-ethyl adjacent to an activating group) is 1. The van der Waals surface area contributed by atoms with E-state index in [2.05, 4.69) is 0 Å². The Morgan fingerprint density at radius 1 is 1.32 bits per heavy atom. The molecule has 1 N–H and O–H groups in total. The molecule has 1 atom stereocenters. The number of aliphatic carboxylic acids is 1. The van der Waals surface area contributed by atoms with Gasteiger partial charge in [0.05, 0.1) is 6.54 Å². The summed E-state index contributed by atoms with van der Waals surface area (Å²) in [5.74, 6) is -2.79. The number of carboxylic acids is 1. The minimum atomic E-state index is -4.84. The molecule has 8 heteroatoms. The number of alkyl halides is 3. The van der Waals surface area contributed by atoms with Crippen molar-refractivity contribution < 1.29 is 27.9 Å². The maximum atomic E-state index is 12.3. The third-order valence-corrected chi connectivity index (χ3v) is 3.24. The minimum Gasteiger partial charge on any atom is -0.480 e. The predicted octanol–water partition coefficient (Wildman–Crippen LogP) is 0.946. The van der Waals surface area contributed by atoms with E-state index in [4.69, 9.17) is 5.11 Å². The fraction of sp³-hybridized carbons (Fsp3) is 0.818. The summed E-state index contributed by atoms with van der Waals surface area (Å²) in [6.07, 6.45) is -3.46. The molecule has 110 valence electrons. The molecule has 1 saturated heterocycles. The van der Waals surface area contributed by atoms with Gasteiger partial charge in [-0.1, -0.05) is 0 Å². The van der Waals surface area contributed by atoms with Crippen molar-refractivity contribution in [2.45, 2.75) is 31.5 Å². The summed E-state index contributed by atoms with van der Waals surface area (Å²) in [7, 11) is 1.63. The average molecular weight is 282 g/mol. The lowest BCUT2D eigenvalue weighted by atomic mass is 10.1. The van der Waals surface area contributed by atoms with E-state index in [-0.39, 0.29) is 25.7 Å². The molecule has 0 aromatic rings. The van der Waals surface area contributed by atoms with Crippen LogP contribution in [0, 0.1) is 0 Å². The lowest BCUT2D eigenvalue weighted by Gasteiger charge is -2.25. The lowest BCUT2D eigenvalue weighted by Crippen LogP contribution is -2.42. The SMILES string of the molecule is CN(CC(=O)O)C1CCCN(C(=O)C(F)(F)F)CC1. The van der Waals surface area contributed by atoms with Crippen molar-refractivity contribution in [3.8, 4) is 0 Å². The number of hydrogen-bond donors (Lipinski definition) is 1. The molecule has 0 spiro atoms. The average Bonchev–Trinajstić information content (AvgIpc) is 2.51. The second kappa shape index (κ2) is 6.23. The van der Waals surface area contributed by atoms with Gasteiger partial charge in [0.2, 0.25) is 0 Å². The van der Waals surface area contributed by atoms with Crippen LogP contribution in [0.25, 0.3) is 0 Å². The molecule has 1 aliphatic heterocycles. The van der Waals surface area contributed by atoms with Gasteiger partial charge < -0.3 is 10.0 Å². The zero-order valence-corrected chi connectivity index (χ0v) is 10.6. The molecule has 1 fully saturated rings. The second-order valence-electron chi connectivity index (χ2n) is 4.68. The van der Waals surface area contributed by atoms with Gasteiger partial charge in [-0.3, -0.25) is 14.5 Å². The van der Waals surface area contributed by atoms with Crippen LogP contribution in [0.1, 0.15) is 19.3 Å². The molecule has 0 aliphatic carbocycles. The van der Waals surface area contributed by atoms with Crippen molar-refractivity contribution >= 4 is 11.9 Å². The molecule has 1 rings (SSSR count). The van der Waals surface area contributed by atoms with E-state index in [9.17, 15) is 22.8 Å². The quantitative estimate of drug-likeness (QED) is 0.837. The van der Waals surface area contributed by atoms with E-state index in [1.165, 1.54) is 0 Å². The van der Waals surface area contributed by atoms with Gasteiger partial charge in [0.15, 0.2) is 0 Å². The van der Waals surface area contributed by atoms with Gasteiger partial charge in [-0.2, -0.15) is 13.2 Å². The first-order valence-corrected chi connectivity index (χ1v) is 6.00. The number of carbonyl (C=O) groups is 2. The van der Waals surface area contributed by atoms with Gasteiger partial charge in [-0.05, 0) is 26.3 Å². The summed E-state index contributed by atoms with van der Waals surface area (Å²) in [6, 6.07) is -0.109. The number of likely N-dealkylation sites (tertiary alicyclic amines) is 1. The number of rotatable bonds is 3. The summed E-state index contributed by atoms with van der Waals surface area (Å²) in [5, 5.41) is 8.68. The monoisotopic (exact) mass is 282 g/mol. The van der Waals surface area contributed by atoms with Crippen molar-refractivity contribution in [3.63, 3.8) is 0 Å². The molecule has 0 aromatic heterocycles. The molecule has 0 aromatic carbocycles. The highest BCUT2D eigenvalue weighted by atomic mass is 19.4. The first-order valence-electron chi connectivity index (χ1n) is 6.00. The van der Waals surface area contributed by atoms with Crippen LogP contribution in [0.15, 0.2) is 0 Å². The number of carbonyl (C=O) groups excluding carboxylic acids is 1. The molecular formula is C11H17F3N2O3. The van der Waals surface area contributed by atoms with Gasteiger partial charge in [0, 0.05) is 19.1 Å². The topological polar surface area (TPSA) is 60.9 Å². The Bertz CT molecular complexity index is 347. The Labute approximate surface area is 109 Å². The zero-order chi connectivity index (χ0) is 14.6. The van der Waals surface area contributed by atoms with Crippen LogP contribution in [0.2, 0.25) is 0 Å². The number of carboxylic acid groups (broad SMARTS) is 1. The van der Waals surface area contributed by atoms with Crippen LogP contribution in [0.4, 0.5) is 13.2 Å². The summed E-state index contributed by atoms with van der Waals surface area (Å²) < 4.78 is 36.9. The normalized spacial score (nSPS) is 21.3. The molecule has 0 saturated carbocycles. The Morgan fingerprint density at radius 2 is 1.95 bits per heavy atom. The molecular weight excluding hydrogens is 265 g/mol. The zero-order valence-electron chi connectivity index (χ0n) is 10.6. The molecule has 1 amide bonds. The van der Waals surface area contributed by atoms with Crippen molar-refractivity contribution in [2.24, 2.45) is 0 Å². The third kappa shape index (κ3) is 4.70. The standard InChI is InChI=1S/C11H17F3N2O3/c1-15(7-9(17)18)8-3-2-5-16(6-4-8)10(19)11(12,13)14/h8H,2-7H2,1H3,(H,17,18). The number of halogens is 3. The molecule has 0 bridgehead atoms. The number of amides is 1. The predicted molar refractivity (Wildman–Crippen MR) is 60.5 cm³/mol. The molecule has 19 heavy (non-hydrogen) atoms. The Hall–Kier alpha value is -1.31. The number of nitrogens with zero attached hydrogens (tertiary/aromatic N) is 2. The van der Waals surface area contributed by atoms with Crippen molar-refractivity contribution in [1.82, 2.24) is 9.80 Å². The van der Waals surface area contributed by atoms with E-state index in [0.29, 0.717) is 19.3 Å². The molecule has 1 aliphatic rings. The van der Waals surface area contributed by atoms with Crippen molar-refractivity contribution in [1.29, 1.82) is 0 Å². The summed E-state index contributed by atoms with van der Waals surface area (Å²) in [4.78, 5) is 24.1.